The number of rotatable bonds is 6. The standard InChI is InChI=1S/C17H20N4S2/c1-3-20-16(15-7-5-4-6-8-15)18-21(17(20)22)13-19(2)11-14-9-10-23-12-14/h4-10,12H,3,11,13H2,1-2H3. The van der Waals surface area contributed by atoms with Gasteiger partial charge in [-0.3, -0.25) is 4.90 Å². The molecule has 0 N–H and O–H groups in total. The number of hydrogen-bond donors (Lipinski definition) is 0. The van der Waals surface area contributed by atoms with Crippen molar-refractivity contribution < 1.29 is 0 Å². The van der Waals surface area contributed by atoms with Crippen molar-refractivity contribution in [2.45, 2.75) is 26.7 Å². The molecule has 4 nitrogen and oxygen atoms in total. The van der Waals surface area contributed by atoms with Crippen molar-refractivity contribution in [3.8, 4) is 11.4 Å². The SMILES string of the molecule is CCn1c(-c2ccccc2)nn(CN(C)Cc2ccsc2)c1=S. The molecule has 0 unspecified atom stereocenters. The van der Waals surface area contributed by atoms with Gasteiger partial charge >= 0.3 is 0 Å². The molecule has 0 fully saturated rings. The van der Waals surface area contributed by atoms with E-state index in [4.69, 9.17) is 17.3 Å². The molecule has 0 radical (unpaired) electrons. The van der Waals surface area contributed by atoms with E-state index in [1.54, 1.807) is 11.3 Å². The smallest absolute Gasteiger partial charge is 0.199 e. The van der Waals surface area contributed by atoms with Crippen LogP contribution in [0.15, 0.2) is 47.2 Å². The molecule has 6 heteroatoms. The number of nitrogens with zero attached hydrogens (tertiary/aromatic N) is 4. The van der Waals surface area contributed by atoms with Gasteiger partial charge in [0, 0.05) is 18.7 Å². The first-order chi connectivity index (χ1) is 11.2. The third-order valence-electron chi connectivity index (χ3n) is 3.68. The van der Waals surface area contributed by atoms with E-state index in [1.165, 1.54) is 5.56 Å². The maximum atomic E-state index is 5.62. The van der Waals surface area contributed by atoms with Crippen LogP contribution in [0.2, 0.25) is 0 Å². The molecule has 0 saturated carbocycles. The third-order valence-corrected chi connectivity index (χ3v) is 4.84. The van der Waals surface area contributed by atoms with E-state index in [-0.39, 0.29) is 0 Å². The van der Waals surface area contributed by atoms with E-state index in [9.17, 15) is 0 Å². The van der Waals surface area contributed by atoms with Crippen molar-refractivity contribution in [2.24, 2.45) is 0 Å². The normalized spacial score (nSPS) is 11.3. The number of thiophene rings is 1. The van der Waals surface area contributed by atoms with Crippen molar-refractivity contribution >= 4 is 23.6 Å². The van der Waals surface area contributed by atoms with Gasteiger partial charge in [0.05, 0.1) is 6.67 Å². The van der Waals surface area contributed by atoms with Crippen molar-refractivity contribution in [3.05, 3.63) is 57.5 Å². The van der Waals surface area contributed by atoms with E-state index < -0.39 is 0 Å². The molecule has 23 heavy (non-hydrogen) atoms. The van der Waals surface area contributed by atoms with E-state index >= 15 is 0 Å². The van der Waals surface area contributed by atoms with Crippen LogP contribution in [0.3, 0.4) is 0 Å². The van der Waals surface area contributed by atoms with Crippen LogP contribution in [-0.4, -0.2) is 26.3 Å². The van der Waals surface area contributed by atoms with Crippen LogP contribution in [0.5, 0.6) is 0 Å². The Hall–Kier alpha value is -1.76. The van der Waals surface area contributed by atoms with E-state index in [0.29, 0.717) is 6.67 Å². The monoisotopic (exact) mass is 344 g/mol. The Balaban J connectivity index is 1.85. The molecule has 0 saturated heterocycles. The lowest BCUT2D eigenvalue weighted by molar-refractivity contribution is 0.244. The topological polar surface area (TPSA) is 26.0 Å². The zero-order valence-corrected chi connectivity index (χ0v) is 15.0. The summed E-state index contributed by atoms with van der Waals surface area (Å²) in [5, 5.41) is 9.04. The highest BCUT2D eigenvalue weighted by molar-refractivity contribution is 7.71. The van der Waals surface area contributed by atoms with Gasteiger partial charge in [-0.15, -0.1) is 0 Å². The molecule has 0 bridgehead atoms. The zero-order valence-electron chi connectivity index (χ0n) is 13.3. The minimum Gasteiger partial charge on any atom is -0.300 e. The van der Waals surface area contributed by atoms with Crippen molar-refractivity contribution in [2.75, 3.05) is 7.05 Å². The van der Waals surface area contributed by atoms with Crippen LogP contribution in [0.25, 0.3) is 11.4 Å². The minimum atomic E-state index is 0.682. The molecule has 3 aromatic rings. The summed E-state index contributed by atoms with van der Waals surface area (Å²) in [7, 11) is 2.09. The Morgan fingerprint density at radius 1 is 1.22 bits per heavy atom. The average Bonchev–Trinajstić information content (AvgIpc) is 3.17. The summed E-state index contributed by atoms with van der Waals surface area (Å²) in [4.78, 5) is 2.22. The molecule has 120 valence electrons. The molecule has 0 aliphatic rings. The van der Waals surface area contributed by atoms with Gasteiger partial charge in [-0.2, -0.15) is 16.4 Å². The number of aromatic nitrogens is 3. The van der Waals surface area contributed by atoms with Crippen LogP contribution in [0.4, 0.5) is 0 Å². The summed E-state index contributed by atoms with van der Waals surface area (Å²) in [6.45, 7) is 4.49. The molecular formula is C17H20N4S2. The van der Waals surface area contributed by atoms with Gasteiger partial charge in [0.25, 0.3) is 0 Å². The van der Waals surface area contributed by atoms with E-state index in [0.717, 1.165) is 29.2 Å². The molecule has 0 spiro atoms. The van der Waals surface area contributed by atoms with Crippen LogP contribution >= 0.6 is 23.6 Å². The predicted octanol–water partition coefficient (Wildman–Crippen LogP) is 4.25. The fourth-order valence-corrected chi connectivity index (χ4v) is 3.57. The maximum absolute atomic E-state index is 5.62. The number of hydrogen-bond acceptors (Lipinski definition) is 4. The summed E-state index contributed by atoms with van der Waals surface area (Å²) in [5.41, 5.74) is 2.42. The van der Waals surface area contributed by atoms with Gasteiger partial charge in [-0.05, 0) is 48.6 Å². The molecule has 0 aliphatic carbocycles. The molecule has 2 heterocycles. The summed E-state index contributed by atoms with van der Waals surface area (Å²) in [6.07, 6.45) is 0. The lowest BCUT2D eigenvalue weighted by Crippen LogP contribution is -2.22. The zero-order chi connectivity index (χ0) is 16.2. The Bertz CT molecular complexity index is 803. The second-order valence-electron chi connectivity index (χ2n) is 5.50. The van der Waals surface area contributed by atoms with E-state index in [2.05, 4.69) is 52.4 Å². The molecule has 0 atom stereocenters. The van der Waals surface area contributed by atoms with Crippen molar-refractivity contribution in [1.82, 2.24) is 19.2 Å². The van der Waals surface area contributed by atoms with Gasteiger partial charge in [0.15, 0.2) is 10.6 Å². The van der Waals surface area contributed by atoms with Gasteiger partial charge in [-0.1, -0.05) is 30.3 Å². The first-order valence-electron chi connectivity index (χ1n) is 7.61. The average molecular weight is 345 g/mol. The Morgan fingerprint density at radius 2 is 2.00 bits per heavy atom. The van der Waals surface area contributed by atoms with Gasteiger partial charge in [0.2, 0.25) is 0 Å². The minimum absolute atomic E-state index is 0.682. The van der Waals surface area contributed by atoms with Crippen LogP contribution < -0.4 is 0 Å². The van der Waals surface area contributed by atoms with Crippen LogP contribution in [-0.2, 0) is 19.8 Å². The summed E-state index contributed by atoms with van der Waals surface area (Å²) in [6, 6.07) is 12.4. The van der Waals surface area contributed by atoms with Crippen molar-refractivity contribution in [3.63, 3.8) is 0 Å². The molecule has 0 aliphatic heterocycles. The second kappa shape index (κ2) is 7.21. The molecule has 1 aromatic carbocycles. The Labute approximate surface area is 145 Å². The van der Waals surface area contributed by atoms with Crippen molar-refractivity contribution in [1.29, 1.82) is 0 Å². The highest BCUT2D eigenvalue weighted by Crippen LogP contribution is 2.18. The lowest BCUT2D eigenvalue weighted by Gasteiger charge is -2.15. The van der Waals surface area contributed by atoms with Gasteiger partial charge < -0.3 is 4.57 Å². The molecular weight excluding hydrogens is 324 g/mol. The molecule has 2 aromatic heterocycles. The summed E-state index contributed by atoms with van der Waals surface area (Å²) in [5.74, 6) is 0.932. The molecule has 3 rings (SSSR count). The lowest BCUT2D eigenvalue weighted by atomic mass is 10.2. The van der Waals surface area contributed by atoms with Gasteiger partial charge in [-0.25, -0.2) is 4.68 Å². The predicted molar refractivity (Wildman–Crippen MR) is 97.9 cm³/mol. The third kappa shape index (κ3) is 3.60. The number of benzene rings is 1. The van der Waals surface area contributed by atoms with Crippen LogP contribution in [0.1, 0.15) is 12.5 Å². The largest absolute Gasteiger partial charge is 0.300 e. The fourth-order valence-electron chi connectivity index (χ4n) is 2.59. The summed E-state index contributed by atoms with van der Waals surface area (Å²) < 4.78 is 4.76. The first-order valence-corrected chi connectivity index (χ1v) is 8.97. The Kier molecular flexibility index (Phi) is 5.05. The fraction of sp³-hybridized carbons (Fsp3) is 0.294. The molecule has 0 amide bonds. The quantitative estimate of drug-likeness (QED) is 0.625. The van der Waals surface area contributed by atoms with E-state index in [1.807, 2.05) is 22.9 Å². The first kappa shape index (κ1) is 16.1. The Morgan fingerprint density at radius 3 is 2.65 bits per heavy atom. The second-order valence-corrected chi connectivity index (χ2v) is 6.65. The van der Waals surface area contributed by atoms with Gasteiger partial charge in [0.1, 0.15) is 0 Å². The van der Waals surface area contributed by atoms with Crippen LogP contribution in [0, 0.1) is 4.77 Å². The highest BCUT2D eigenvalue weighted by atomic mass is 32.1. The maximum Gasteiger partial charge on any atom is 0.199 e. The summed E-state index contributed by atoms with van der Waals surface area (Å²) >= 11 is 7.34. The highest BCUT2D eigenvalue weighted by Gasteiger charge is 2.12.